The molecule has 3 aromatic heterocycles. The van der Waals surface area contributed by atoms with E-state index in [1.54, 1.807) is 14.2 Å². The van der Waals surface area contributed by atoms with Crippen LogP contribution in [0, 0.1) is 27.7 Å². The van der Waals surface area contributed by atoms with Crippen molar-refractivity contribution in [1.82, 2.24) is 15.0 Å². The van der Waals surface area contributed by atoms with Crippen molar-refractivity contribution >= 4 is 0 Å². The highest BCUT2D eigenvalue weighted by Crippen LogP contribution is 2.34. The Morgan fingerprint density at radius 3 is 1.26 bits per heavy atom. The van der Waals surface area contributed by atoms with E-state index in [0.29, 0.717) is 0 Å². The van der Waals surface area contributed by atoms with Crippen LogP contribution in [0.15, 0.2) is 79.1 Å². The number of methoxy groups -OCH3 is 2. The second-order valence-corrected chi connectivity index (χ2v) is 9.54. The van der Waals surface area contributed by atoms with Gasteiger partial charge in [0.15, 0.2) is 0 Å². The summed E-state index contributed by atoms with van der Waals surface area (Å²) in [6.45, 7) is 8.42. The molecular formula is C33H31N3O2. The summed E-state index contributed by atoms with van der Waals surface area (Å²) in [5, 5.41) is 0. The molecule has 3 heterocycles. The van der Waals surface area contributed by atoms with Gasteiger partial charge >= 0.3 is 0 Å². The van der Waals surface area contributed by atoms with Crippen molar-refractivity contribution in [2.24, 2.45) is 0 Å². The number of benzene rings is 2. The minimum absolute atomic E-state index is 0.803. The largest absolute Gasteiger partial charge is 0.497 e. The number of rotatable bonds is 6. The molecule has 0 saturated carbocycles. The second-order valence-electron chi connectivity index (χ2n) is 9.54. The molecule has 0 fully saturated rings. The van der Waals surface area contributed by atoms with E-state index < -0.39 is 0 Å². The highest BCUT2D eigenvalue weighted by Gasteiger charge is 2.13. The standard InChI is InChI=1S/C33H31N3O2/c1-20-14-26(37-5)15-21(2)32(20)24-10-12-34-30(18-24)28-8-7-9-29(36-28)31-19-25(11-13-35-31)33-22(3)16-27(38-6)17-23(33)4/h7-19H,1-6H3. The molecule has 0 aliphatic heterocycles. The lowest BCUT2D eigenvalue weighted by Gasteiger charge is -2.14. The van der Waals surface area contributed by atoms with Gasteiger partial charge in [0.1, 0.15) is 11.5 Å². The van der Waals surface area contributed by atoms with Crippen LogP contribution in [-0.4, -0.2) is 29.2 Å². The fraction of sp³-hybridized carbons (Fsp3) is 0.182. The predicted octanol–water partition coefficient (Wildman–Crippen LogP) is 7.79. The average Bonchev–Trinajstić information content (AvgIpc) is 2.92. The quantitative estimate of drug-likeness (QED) is 0.238. The molecule has 38 heavy (non-hydrogen) atoms. The smallest absolute Gasteiger partial charge is 0.119 e. The zero-order valence-electron chi connectivity index (χ0n) is 22.7. The van der Waals surface area contributed by atoms with Gasteiger partial charge in [0.25, 0.3) is 0 Å². The highest BCUT2D eigenvalue weighted by atomic mass is 16.5. The molecule has 5 rings (SSSR count). The Labute approximate surface area is 224 Å². The van der Waals surface area contributed by atoms with Crippen LogP contribution in [0.3, 0.4) is 0 Å². The van der Waals surface area contributed by atoms with Gasteiger partial charge in [-0.15, -0.1) is 0 Å². The van der Waals surface area contributed by atoms with E-state index in [-0.39, 0.29) is 0 Å². The van der Waals surface area contributed by atoms with Gasteiger partial charge < -0.3 is 9.47 Å². The molecule has 0 bridgehead atoms. The van der Waals surface area contributed by atoms with Crippen molar-refractivity contribution in [2.45, 2.75) is 27.7 Å². The molecule has 2 aromatic carbocycles. The topological polar surface area (TPSA) is 57.1 Å². The van der Waals surface area contributed by atoms with Crippen LogP contribution in [0.4, 0.5) is 0 Å². The van der Waals surface area contributed by atoms with Crippen LogP contribution in [0.25, 0.3) is 45.0 Å². The lowest BCUT2D eigenvalue weighted by molar-refractivity contribution is 0.414. The third kappa shape index (κ3) is 4.88. The van der Waals surface area contributed by atoms with Crippen molar-refractivity contribution in [2.75, 3.05) is 14.2 Å². The molecule has 190 valence electrons. The number of hydrogen-bond donors (Lipinski definition) is 0. The number of aromatic nitrogens is 3. The van der Waals surface area contributed by atoms with Crippen molar-refractivity contribution < 1.29 is 9.47 Å². The fourth-order valence-electron chi connectivity index (χ4n) is 5.17. The second kappa shape index (κ2) is 10.5. The summed E-state index contributed by atoms with van der Waals surface area (Å²) in [4.78, 5) is 14.3. The van der Waals surface area contributed by atoms with Gasteiger partial charge in [-0.25, -0.2) is 4.98 Å². The summed E-state index contributed by atoms with van der Waals surface area (Å²) < 4.78 is 10.9. The maximum absolute atomic E-state index is 5.44. The third-order valence-electron chi connectivity index (χ3n) is 6.85. The molecule has 0 spiro atoms. The Bertz CT molecular complexity index is 1480. The Morgan fingerprint density at radius 2 is 0.895 bits per heavy atom. The summed E-state index contributed by atoms with van der Waals surface area (Å²) in [7, 11) is 3.39. The van der Waals surface area contributed by atoms with Gasteiger partial charge in [0.2, 0.25) is 0 Å². The van der Waals surface area contributed by atoms with Gasteiger partial charge in [0.05, 0.1) is 37.0 Å². The molecular weight excluding hydrogens is 470 g/mol. The van der Waals surface area contributed by atoms with Crippen molar-refractivity contribution in [1.29, 1.82) is 0 Å². The Balaban J connectivity index is 1.52. The van der Waals surface area contributed by atoms with Crippen molar-refractivity contribution in [3.05, 3.63) is 101 Å². The van der Waals surface area contributed by atoms with E-state index in [9.17, 15) is 0 Å². The molecule has 5 heteroatoms. The van der Waals surface area contributed by atoms with E-state index in [1.165, 1.54) is 11.1 Å². The van der Waals surface area contributed by atoms with Gasteiger partial charge in [-0.1, -0.05) is 6.07 Å². The molecule has 5 aromatic rings. The van der Waals surface area contributed by atoms with Gasteiger partial charge in [-0.05, 0) is 133 Å². The molecule has 0 atom stereocenters. The summed E-state index contributed by atoms with van der Waals surface area (Å²) in [6, 6.07) is 22.5. The van der Waals surface area contributed by atoms with Gasteiger partial charge in [-0.3, -0.25) is 9.97 Å². The Morgan fingerprint density at radius 1 is 0.500 bits per heavy atom. The molecule has 0 saturated heterocycles. The molecule has 0 unspecified atom stereocenters. The molecule has 0 aliphatic carbocycles. The first-order valence-electron chi connectivity index (χ1n) is 12.6. The maximum atomic E-state index is 5.44. The van der Waals surface area contributed by atoms with Crippen LogP contribution in [0.5, 0.6) is 11.5 Å². The molecule has 0 aliphatic rings. The molecule has 0 radical (unpaired) electrons. The minimum Gasteiger partial charge on any atom is -0.497 e. The maximum Gasteiger partial charge on any atom is 0.119 e. The van der Waals surface area contributed by atoms with Crippen molar-refractivity contribution in [3.8, 4) is 56.5 Å². The van der Waals surface area contributed by atoms with Crippen LogP contribution in [-0.2, 0) is 0 Å². The number of aryl methyl sites for hydroxylation is 4. The van der Waals surface area contributed by atoms with Crippen LogP contribution in [0.2, 0.25) is 0 Å². The van der Waals surface area contributed by atoms with Gasteiger partial charge in [-0.2, -0.15) is 0 Å². The van der Waals surface area contributed by atoms with E-state index in [1.807, 2.05) is 42.7 Å². The first-order valence-corrected chi connectivity index (χ1v) is 12.6. The number of nitrogens with zero attached hydrogens (tertiary/aromatic N) is 3. The fourth-order valence-corrected chi connectivity index (χ4v) is 5.17. The van der Waals surface area contributed by atoms with E-state index in [0.717, 1.165) is 67.7 Å². The number of pyridine rings is 3. The summed E-state index contributed by atoms with van der Waals surface area (Å²) in [5.41, 5.74) is 12.4. The summed E-state index contributed by atoms with van der Waals surface area (Å²) in [5.74, 6) is 1.73. The van der Waals surface area contributed by atoms with E-state index >= 15 is 0 Å². The molecule has 5 nitrogen and oxygen atoms in total. The molecule has 0 amide bonds. The zero-order chi connectivity index (χ0) is 26.8. The first kappa shape index (κ1) is 25.2. The Kier molecular flexibility index (Phi) is 6.93. The first-order chi connectivity index (χ1) is 18.4. The molecule has 0 N–H and O–H groups in total. The van der Waals surface area contributed by atoms with Crippen LogP contribution >= 0.6 is 0 Å². The normalized spacial score (nSPS) is 10.9. The summed E-state index contributed by atoms with van der Waals surface area (Å²) >= 11 is 0. The monoisotopic (exact) mass is 501 g/mol. The van der Waals surface area contributed by atoms with E-state index in [4.69, 9.17) is 14.5 Å². The lowest BCUT2D eigenvalue weighted by atomic mass is 9.95. The van der Waals surface area contributed by atoms with Crippen LogP contribution in [0.1, 0.15) is 22.3 Å². The lowest BCUT2D eigenvalue weighted by Crippen LogP contribution is -1.96. The average molecular weight is 502 g/mol. The zero-order valence-corrected chi connectivity index (χ0v) is 22.7. The van der Waals surface area contributed by atoms with Crippen LogP contribution < -0.4 is 9.47 Å². The highest BCUT2D eigenvalue weighted by molar-refractivity contribution is 5.77. The summed E-state index contributed by atoms with van der Waals surface area (Å²) in [6.07, 6.45) is 3.69. The predicted molar refractivity (Wildman–Crippen MR) is 154 cm³/mol. The number of ether oxygens (including phenoxy) is 2. The van der Waals surface area contributed by atoms with E-state index in [2.05, 4.69) is 74.1 Å². The number of hydrogen-bond acceptors (Lipinski definition) is 5. The van der Waals surface area contributed by atoms with Crippen molar-refractivity contribution in [3.63, 3.8) is 0 Å². The SMILES string of the molecule is COc1cc(C)c(-c2ccnc(-c3cccc(-c4cc(-c5c(C)cc(OC)cc5C)ccn4)n3)c2)c(C)c1. The Hall–Kier alpha value is -4.51. The third-order valence-corrected chi connectivity index (χ3v) is 6.85. The van der Waals surface area contributed by atoms with Gasteiger partial charge in [0, 0.05) is 12.4 Å². The minimum atomic E-state index is 0.803.